The van der Waals surface area contributed by atoms with E-state index in [0.717, 1.165) is 25.2 Å². The van der Waals surface area contributed by atoms with E-state index in [1.165, 1.54) is 0 Å². The third-order valence-electron chi connectivity index (χ3n) is 3.29. The van der Waals surface area contributed by atoms with E-state index in [9.17, 15) is 4.79 Å². The molecule has 6 heteroatoms. The van der Waals surface area contributed by atoms with E-state index in [4.69, 9.17) is 0 Å². The van der Waals surface area contributed by atoms with E-state index in [0.29, 0.717) is 5.56 Å². The molecule has 1 amide bonds. The highest BCUT2D eigenvalue weighted by atomic mass is 35.5. The number of carbonyl (C=O) groups excluding carboxylic acids is 1. The smallest absolute Gasteiger partial charge is 0.255 e. The standard InChI is InChI=1S/C13H22N4O.ClH/c1-9-11(8-15-17(9)13(2,3)4)12(18)16-10-5-6-14-7-10;/h8,10,14H,5-7H2,1-4H3,(H,16,18);1H. The minimum Gasteiger partial charge on any atom is -0.348 e. The fourth-order valence-corrected chi connectivity index (χ4v) is 2.35. The molecule has 0 spiro atoms. The van der Waals surface area contributed by atoms with E-state index < -0.39 is 0 Å². The Hall–Kier alpha value is -1.07. The van der Waals surface area contributed by atoms with Crippen molar-refractivity contribution in [1.29, 1.82) is 0 Å². The summed E-state index contributed by atoms with van der Waals surface area (Å²) in [6.45, 7) is 10.0. The molecular weight excluding hydrogens is 264 g/mol. The van der Waals surface area contributed by atoms with Gasteiger partial charge in [0.15, 0.2) is 0 Å². The van der Waals surface area contributed by atoms with Crippen molar-refractivity contribution in [2.24, 2.45) is 0 Å². The SMILES string of the molecule is Cc1c(C(=O)NC2CCNC2)cnn1C(C)(C)C.Cl. The number of nitrogens with zero attached hydrogens (tertiary/aromatic N) is 2. The van der Waals surface area contributed by atoms with Crippen LogP contribution in [0.4, 0.5) is 0 Å². The first-order chi connectivity index (χ1) is 8.39. The molecule has 19 heavy (non-hydrogen) atoms. The predicted molar refractivity (Wildman–Crippen MR) is 77.9 cm³/mol. The molecule has 2 rings (SSSR count). The minimum absolute atomic E-state index is 0. The third kappa shape index (κ3) is 3.48. The van der Waals surface area contributed by atoms with Gasteiger partial charge in [0, 0.05) is 18.3 Å². The summed E-state index contributed by atoms with van der Waals surface area (Å²) in [5, 5.41) is 10.6. The lowest BCUT2D eigenvalue weighted by atomic mass is 10.1. The molecule has 1 fully saturated rings. The van der Waals surface area contributed by atoms with Gasteiger partial charge in [-0.1, -0.05) is 0 Å². The molecule has 0 aromatic carbocycles. The molecule has 1 unspecified atom stereocenters. The number of nitrogens with one attached hydrogen (secondary N) is 2. The largest absolute Gasteiger partial charge is 0.348 e. The van der Waals surface area contributed by atoms with Crippen molar-refractivity contribution in [2.75, 3.05) is 13.1 Å². The van der Waals surface area contributed by atoms with Crippen molar-refractivity contribution in [1.82, 2.24) is 20.4 Å². The Morgan fingerprint density at radius 2 is 2.21 bits per heavy atom. The van der Waals surface area contributed by atoms with E-state index in [1.807, 2.05) is 11.6 Å². The summed E-state index contributed by atoms with van der Waals surface area (Å²) in [6, 6.07) is 0.245. The van der Waals surface area contributed by atoms with Crippen LogP contribution in [0.2, 0.25) is 0 Å². The molecule has 1 aromatic heterocycles. The second-order valence-corrected chi connectivity index (χ2v) is 5.89. The van der Waals surface area contributed by atoms with Gasteiger partial charge in [0.25, 0.3) is 5.91 Å². The molecule has 2 heterocycles. The monoisotopic (exact) mass is 286 g/mol. The van der Waals surface area contributed by atoms with E-state index >= 15 is 0 Å². The lowest BCUT2D eigenvalue weighted by molar-refractivity contribution is 0.0939. The van der Waals surface area contributed by atoms with Crippen molar-refractivity contribution in [3.63, 3.8) is 0 Å². The zero-order valence-electron chi connectivity index (χ0n) is 12.0. The number of hydrogen-bond acceptors (Lipinski definition) is 3. The first-order valence-electron chi connectivity index (χ1n) is 6.46. The highest BCUT2D eigenvalue weighted by Gasteiger charge is 2.23. The molecule has 0 bridgehead atoms. The average molecular weight is 287 g/mol. The number of rotatable bonds is 2. The van der Waals surface area contributed by atoms with Gasteiger partial charge in [-0.3, -0.25) is 9.48 Å². The Balaban J connectivity index is 0.00000180. The van der Waals surface area contributed by atoms with Gasteiger partial charge in [-0.15, -0.1) is 12.4 Å². The first-order valence-corrected chi connectivity index (χ1v) is 6.46. The molecule has 5 nitrogen and oxygen atoms in total. The number of halogens is 1. The topological polar surface area (TPSA) is 59.0 Å². The maximum Gasteiger partial charge on any atom is 0.255 e. The predicted octanol–water partition coefficient (Wildman–Crippen LogP) is 1.46. The quantitative estimate of drug-likeness (QED) is 0.865. The summed E-state index contributed by atoms with van der Waals surface area (Å²) in [5.74, 6) is -0.0169. The molecular formula is C13H23ClN4O. The summed E-state index contributed by atoms with van der Waals surface area (Å²) in [4.78, 5) is 12.2. The number of aromatic nitrogens is 2. The molecule has 108 valence electrons. The minimum atomic E-state index is -0.0997. The van der Waals surface area contributed by atoms with E-state index in [-0.39, 0.29) is 29.9 Å². The fourth-order valence-electron chi connectivity index (χ4n) is 2.35. The lowest BCUT2D eigenvalue weighted by Crippen LogP contribution is -2.36. The molecule has 2 N–H and O–H groups in total. The van der Waals surface area contributed by atoms with Crippen LogP contribution in [0.3, 0.4) is 0 Å². The Labute approximate surface area is 120 Å². The van der Waals surface area contributed by atoms with Gasteiger partial charge in [-0.25, -0.2) is 0 Å². The summed E-state index contributed by atoms with van der Waals surface area (Å²) < 4.78 is 1.90. The van der Waals surface area contributed by atoms with Crippen LogP contribution in [0.25, 0.3) is 0 Å². The Bertz CT molecular complexity index is 444. The molecule has 1 atom stereocenters. The summed E-state index contributed by atoms with van der Waals surface area (Å²) in [5.41, 5.74) is 1.50. The van der Waals surface area contributed by atoms with Crippen LogP contribution < -0.4 is 10.6 Å². The molecule has 0 saturated carbocycles. The van der Waals surface area contributed by atoms with Gasteiger partial charge in [0.05, 0.1) is 17.3 Å². The van der Waals surface area contributed by atoms with Crippen LogP contribution in [0.1, 0.15) is 43.2 Å². The van der Waals surface area contributed by atoms with E-state index in [1.54, 1.807) is 6.20 Å². The van der Waals surface area contributed by atoms with Crippen molar-refractivity contribution in [3.8, 4) is 0 Å². The Morgan fingerprint density at radius 3 is 2.68 bits per heavy atom. The zero-order valence-corrected chi connectivity index (χ0v) is 12.8. The molecule has 1 saturated heterocycles. The Kier molecular flexibility index (Phi) is 4.98. The van der Waals surface area contributed by atoms with Crippen LogP contribution in [-0.4, -0.2) is 34.8 Å². The number of hydrogen-bond donors (Lipinski definition) is 2. The second-order valence-electron chi connectivity index (χ2n) is 5.89. The van der Waals surface area contributed by atoms with Gasteiger partial charge < -0.3 is 10.6 Å². The van der Waals surface area contributed by atoms with Crippen LogP contribution in [0, 0.1) is 6.92 Å². The van der Waals surface area contributed by atoms with Crippen LogP contribution in [0.5, 0.6) is 0 Å². The maximum atomic E-state index is 12.2. The van der Waals surface area contributed by atoms with Gasteiger partial charge in [-0.05, 0) is 40.7 Å². The zero-order chi connectivity index (χ0) is 13.3. The fraction of sp³-hybridized carbons (Fsp3) is 0.692. The van der Waals surface area contributed by atoms with Crippen LogP contribution >= 0.6 is 12.4 Å². The van der Waals surface area contributed by atoms with Crippen molar-refractivity contribution < 1.29 is 4.79 Å². The van der Waals surface area contributed by atoms with Crippen LogP contribution in [-0.2, 0) is 5.54 Å². The molecule has 0 aliphatic carbocycles. The molecule has 1 aromatic rings. The summed E-state index contributed by atoms with van der Waals surface area (Å²) in [7, 11) is 0. The van der Waals surface area contributed by atoms with Crippen molar-refractivity contribution in [3.05, 3.63) is 17.5 Å². The van der Waals surface area contributed by atoms with Gasteiger partial charge in [0.1, 0.15) is 0 Å². The van der Waals surface area contributed by atoms with Gasteiger partial charge in [0.2, 0.25) is 0 Å². The van der Waals surface area contributed by atoms with Crippen molar-refractivity contribution in [2.45, 2.75) is 45.7 Å². The number of amides is 1. The summed E-state index contributed by atoms with van der Waals surface area (Å²) in [6.07, 6.45) is 2.66. The highest BCUT2D eigenvalue weighted by molar-refractivity contribution is 5.95. The molecule has 1 aliphatic rings. The first kappa shape index (κ1) is 16.0. The number of carbonyl (C=O) groups is 1. The second kappa shape index (κ2) is 5.92. The van der Waals surface area contributed by atoms with Crippen LogP contribution in [0.15, 0.2) is 6.20 Å². The molecule has 0 radical (unpaired) electrons. The Morgan fingerprint density at radius 1 is 1.53 bits per heavy atom. The highest BCUT2D eigenvalue weighted by Crippen LogP contribution is 2.18. The maximum absolute atomic E-state index is 12.2. The van der Waals surface area contributed by atoms with Gasteiger partial charge in [-0.2, -0.15) is 5.10 Å². The normalized spacial score (nSPS) is 19.1. The third-order valence-corrected chi connectivity index (χ3v) is 3.29. The molecule has 1 aliphatic heterocycles. The average Bonchev–Trinajstić information content (AvgIpc) is 2.85. The van der Waals surface area contributed by atoms with Gasteiger partial charge >= 0.3 is 0 Å². The van der Waals surface area contributed by atoms with Crippen molar-refractivity contribution >= 4 is 18.3 Å². The van der Waals surface area contributed by atoms with E-state index in [2.05, 4.69) is 36.5 Å². The summed E-state index contributed by atoms with van der Waals surface area (Å²) >= 11 is 0. The lowest BCUT2D eigenvalue weighted by Gasteiger charge is -2.21.